The van der Waals surface area contributed by atoms with Crippen LogP contribution in [0.4, 0.5) is 5.69 Å². The summed E-state index contributed by atoms with van der Waals surface area (Å²) in [6.45, 7) is 2.28. The number of nitrogens with two attached hydrogens (primary N) is 1. The largest absolute Gasteiger partial charge is 0.504 e. The fraction of sp³-hybridized carbons (Fsp3) is 0.176. The Hall–Kier alpha value is -3.02. The van der Waals surface area contributed by atoms with Crippen molar-refractivity contribution in [3.8, 4) is 11.5 Å². The van der Waals surface area contributed by atoms with E-state index in [1.165, 1.54) is 6.21 Å². The van der Waals surface area contributed by atoms with Crippen molar-refractivity contribution in [2.45, 2.75) is 13.3 Å². The lowest BCUT2D eigenvalue weighted by Crippen LogP contribution is -2.19. The Morgan fingerprint density at radius 1 is 1.30 bits per heavy atom. The fourth-order valence-electron chi connectivity index (χ4n) is 1.95. The van der Waals surface area contributed by atoms with Crippen LogP contribution in [0.25, 0.3) is 0 Å². The molecule has 0 aliphatic heterocycles. The second-order valence-electron chi connectivity index (χ2n) is 4.84. The van der Waals surface area contributed by atoms with Gasteiger partial charge >= 0.3 is 0 Å². The Labute approximate surface area is 134 Å². The van der Waals surface area contributed by atoms with E-state index in [4.69, 9.17) is 10.5 Å². The topological polar surface area (TPSA) is 96.9 Å². The first-order chi connectivity index (χ1) is 11.1. The minimum Gasteiger partial charge on any atom is -0.504 e. The number of nitrogen functional groups attached to an aromatic ring is 1. The van der Waals surface area contributed by atoms with Crippen molar-refractivity contribution in [2.24, 2.45) is 5.10 Å². The Kier molecular flexibility index (Phi) is 5.57. The number of hydrazone groups is 1. The van der Waals surface area contributed by atoms with Gasteiger partial charge in [0.25, 0.3) is 0 Å². The van der Waals surface area contributed by atoms with E-state index in [0.717, 1.165) is 5.56 Å². The molecule has 2 aromatic carbocycles. The molecule has 0 spiro atoms. The SMILES string of the molecule is CCOc1cccc(/C=N\NC(=O)Cc2ccc(N)cc2)c1O. The minimum absolute atomic E-state index is 0.00844. The van der Waals surface area contributed by atoms with Crippen LogP contribution in [-0.2, 0) is 11.2 Å². The number of carbonyl (C=O) groups is 1. The van der Waals surface area contributed by atoms with E-state index in [9.17, 15) is 9.90 Å². The van der Waals surface area contributed by atoms with Gasteiger partial charge in [-0.15, -0.1) is 0 Å². The van der Waals surface area contributed by atoms with E-state index in [1.807, 2.05) is 6.92 Å². The van der Waals surface area contributed by atoms with Gasteiger partial charge in [0.15, 0.2) is 11.5 Å². The summed E-state index contributed by atoms with van der Waals surface area (Å²) in [5.41, 5.74) is 9.96. The van der Waals surface area contributed by atoms with E-state index in [1.54, 1.807) is 42.5 Å². The first kappa shape index (κ1) is 16.4. The number of phenolic OH excluding ortho intramolecular Hbond substituents is 1. The van der Waals surface area contributed by atoms with Gasteiger partial charge < -0.3 is 15.6 Å². The van der Waals surface area contributed by atoms with Crippen LogP contribution in [0.3, 0.4) is 0 Å². The molecule has 0 radical (unpaired) electrons. The quantitative estimate of drug-likeness (QED) is 0.432. The average molecular weight is 313 g/mol. The number of carbonyl (C=O) groups excluding carboxylic acids is 1. The summed E-state index contributed by atoms with van der Waals surface area (Å²) in [6.07, 6.45) is 1.57. The van der Waals surface area contributed by atoms with Gasteiger partial charge in [0.2, 0.25) is 5.91 Å². The lowest BCUT2D eigenvalue weighted by Gasteiger charge is -2.07. The first-order valence-corrected chi connectivity index (χ1v) is 7.21. The number of para-hydroxylation sites is 1. The number of hydrogen-bond acceptors (Lipinski definition) is 5. The molecule has 6 nitrogen and oxygen atoms in total. The van der Waals surface area contributed by atoms with Crippen molar-refractivity contribution in [1.82, 2.24) is 5.43 Å². The zero-order valence-corrected chi connectivity index (χ0v) is 12.8. The third kappa shape index (κ3) is 4.74. The van der Waals surface area contributed by atoms with Crippen molar-refractivity contribution in [2.75, 3.05) is 12.3 Å². The maximum Gasteiger partial charge on any atom is 0.244 e. The molecule has 0 heterocycles. The van der Waals surface area contributed by atoms with Gasteiger partial charge in [-0.2, -0.15) is 5.10 Å². The number of phenols is 1. The number of amides is 1. The van der Waals surface area contributed by atoms with Crippen molar-refractivity contribution >= 4 is 17.8 Å². The molecular formula is C17H19N3O3. The molecular weight excluding hydrogens is 294 g/mol. The molecule has 2 rings (SSSR count). The maximum atomic E-state index is 11.8. The van der Waals surface area contributed by atoms with Crippen molar-refractivity contribution in [3.63, 3.8) is 0 Å². The molecule has 1 amide bonds. The molecule has 0 saturated carbocycles. The van der Waals surface area contributed by atoms with Crippen LogP contribution in [0, 0.1) is 0 Å². The number of nitrogens with zero attached hydrogens (tertiary/aromatic N) is 1. The highest BCUT2D eigenvalue weighted by Gasteiger charge is 2.06. The van der Waals surface area contributed by atoms with Gasteiger partial charge in [-0.3, -0.25) is 4.79 Å². The molecule has 0 unspecified atom stereocenters. The van der Waals surface area contributed by atoms with Gasteiger partial charge in [-0.1, -0.05) is 18.2 Å². The molecule has 4 N–H and O–H groups in total. The predicted octanol–water partition coefficient (Wildman–Crippen LogP) is 2.07. The number of hydrogen-bond donors (Lipinski definition) is 3. The summed E-state index contributed by atoms with van der Waals surface area (Å²) in [5, 5.41) is 13.9. The van der Waals surface area contributed by atoms with Crippen LogP contribution in [0.15, 0.2) is 47.6 Å². The molecule has 120 valence electrons. The van der Waals surface area contributed by atoms with Crippen molar-refractivity contribution in [3.05, 3.63) is 53.6 Å². The standard InChI is InChI=1S/C17H19N3O3/c1-2-23-15-5-3-4-13(17(15)22)11-19-20-16(21)10-12-6-8-14(18)9-7-12/h3-9,11,22H,2,10,18H2,1H3,(H,20,21)/b19-11-. The van der Waals surface area contributed by atoms with Crippen molar-refractivity contribution in [1.29, 1.82) is 0 Å². The summed E-state index contributed by atoms with van der Waals surface area (Å²) in [7, 11) is 0. The number of nitrogens with one attached hydrogen (secondary N) is 1. The first-order valence-electron chi connectivity index (χ1n) is 7.21. The Bertz CT molecular complexity index is 697. The van der Waals surface area contributed by atoms with Gasteiger partial charge in [-0.25, -0.2) is 5.43 Å². The molecule has 6 heteroatoms. The summed E-state index contributed by atoms with van der Waals surface area (Å²) in [5.74, 6) is 0.113. The lowest BCUT2D eigenvalue weighted by molar-refractivity contribution is -0.120. The Morgan fingerprint density at radius 3 is 2.74 bits per heavy atom. The molecule has 0 atom stereocenters. The van der Waals surface area contributed by atoms with E-state index < -0.39 is 0 Å². The fourth-order valence-corrected chi connectivity index (χ4v) is 1.95. The van der Waals surface area contributed by atoms with Gasteiger partial charge in [0.1, 0.15) is 0 Å². The molecule has 0 aromatic heterocycles. The van der Waals surface area contributed by atoms with E-state index >= 15 is 0 Å². The summed E-state index contributed by atoms with van der Waals surface area (Å²) < 4.78 is 5.28. The highest BCUT2D eigenvalue weighted by molar-refractivity contribution is 5.86. The van der Waals surface area contributed by atoms with Crippen LogP contribution in [-0.4, -0.2) is 23.8 Å². The van der Waals surface area contributed by atoms with Crippen molar-refractivity contribution < 1.29 is 14.6 Å². The van der Waals surface area contributed by atoms with Gasteiger partial charge in [0, 0.05) is 11.3 Å². The van der Waals surface area contributed by atoms with Crippen LogP contribution < -0.4 is 15.9 Å². The number of anilines is 1. The molecule has 23 heavy (non-hydrogen) atoms. The predicted molar refractivity (Wildman–Crippen MR) is 89.6 cm³/mol. The van der Waals surface area contributed by atoms with Crippen LogP contribution in [0.2, 0.25) is 0 Å². The molecule has 0 fully saturated rings. The second-order valence-corrected chi connectivity index (χ2v) is 4.84. The van der Waals surface area contributed by atoms with Crippen LogP contribution in [0.5, 0.6) is 11.5 Å². The summed E-state index contributed by atoms with van der Waals surface area (Å²) in [6, 6.07) is 12.1. The zero-order chi connectivity index (χ0) is 16.7. The molecule has 2 aromatic rings. The summed E-state index contributed by atoms with van der Waals surface area (Å²) >= 11 is 0. The van der Waals surface area contributed by atoms with E-state index in [2.05, 4.69) is 10.5 Å². The second kappa shape index (κ2) is 7.84. The number of ether oxygens (including phenoxy) is 1. The Morgan fingerprint density at radius 2 is 2.04 bits per heavy atom. The highest BCUT2D eigenvalue weighted by Crippen LogP contribution is 2.28. The maximum absolute atomic E-state index is 11.8. The van der Waals surface area contributed by atoms with Gasteiger partial charge in [-0.05, 0) is 36.8 Å². The van der Waals surface area contributed by atoms with Crippen LogP contribution >= 0.6 is 0 Å². The number of benzene rings is 2. The third-order valence-electron chi connectivity index (χ3n) is 3.07. The molecule has 0 aliphatic rings. The average Bonchev–Trinajstić information content (AvgIpc) is 2.53. The third-order valence-corrected chi connectivity index (χ3v) is 3.07. The monoisotopic (exact) mass is 313 g/mol. The Balaban J connectivity index is 1.94. The molecule has 0 bridgehead atoms. The smallest absolute Gasteiger partial charge is 0.244 e. The van der Waals surface area contributed by atoms with Gasteiger partial charge in [0.05, 0.1) is 19.2 Å². The molecule has 0 saturated heterocycles. The van der Waals surface area contributed by atoms with Crippen LogP contribution in [0.1, 0.15) is 18.1 Å². The zero-order valence-electron chi connectivity index (χ0n) is 12.8. The summed E-state index contributed by atoms with van der Waals surface area (Å²) in [4.78, 5) is 11.8. The number of rotatable bonds is 6. The highest BCUT2D eigenvalue weighted by atomic mass is 16.5. The van der Waals surface area contributed by atoms with E-state index in [-0.39, 0.29) is 18.1 Å². The number of aromatic hydroxyl groups is 1. The van der Waals surface area contributed by atoms with E-state index in [0.29, 0.717) is 23.6 Å². The normalized spacial score (nSPS) is 10.7. The molecule has 0 aliphatic carbocycles. The minimum atomic E-state index is -0.258. The lowest BCUT2D eigenvalue weighted by atomic mass is 10.1.